The van der Waals surface area contributed by atoms with E-state index in [2.05, 4.69) is 15.0 Å². The minimum atomic E-state index is -4.31. The van der Waals surface area contributed by atoms with Gasteiger partial charge in [0.2, 0.25) is 0 Å². The molecule has 34 heavy (non-hydrogen) atoms. The molecular formula is C23H22N4O6S. The SMILES string of the molecule is [2H]C([2H])([2H])Oc1cc(Cn2cccn2)cc2onc(NS(=O)(=O)c3c(OC)ccc4c3OC[C@@H]3C[C@H]43)c12. The molecule has 0 radical (unpaired) electrons. The van der Waals surface area contributed by atoms with Gasteiger partial charge < -0.3 is 18.7 Å². The lowest BCUT2D eigenvalue weighted by molar-refractivity contribution is 0.267. The molecule has 10 nitrogen and oxygen atoms in total. The molecule has 0 unspecified atom stereocenters. The molecule has 0 amide bonds. The van der Waals surface area contributed by atoms with Crippen molar-refractivity contribution in [1.29, 1.82) is 0 Å². The lowest BCUT2D eigenvalue weighted by Crippen LogP contribution is -2.19. The Labute approximate surface area is 199 Å². The number of hydrogen-bond donors (Lipinski definition) is 1. The van der Waals surface area contributed by atoms with E-state index in [9.17, 15) is 8.42 Å². The summed E-state index contributed by atoms with van der Waals surface area (Å²) in [5, 5.41) is 8.10. The quantitative estimate of drug-likeness (QED) is 0.423. The number of methoxy groups -OCH3 is 2. The summed E-state index contributed by atoms with van der Waals surface area (Å²) in [7, 11) is -5.74. The van der Waals surface area contributed by atoms with Crippen LogP contribution in [0.5, 0.6) is 17.2 Å². The smallest absolute Gasteiger partial charge is 0.270 e. The Kier molecular flexibility index (Phi) is 3.99. The Hall–Kier alpha value is -3.73. The normalized spacial score (nSPS) is 20.3. The summed E-state index contributed by atoms with van der Waals surface area (Å²) in [6.07, 6.45) is 4.30. The summed E-state index contributed by atoms with van der Waals surface area (Å²) in [5.74, 6) is 0.665. The predicted octanol–water partition coefficient (Wildman–Crippen LogP) is 3.39. The molecule has 2 aromatic heterocycles. The number of aromatic nitrogens is 3. The maximum Gasteiger partial charge on any atom is 0.270 e. The highest BCUT2D eigenvalue weighted by Crippen LogP contribution is 2.56. The molecule has 1 aliphatic carbocycles. The van der Waals surface area contributed by atoms with E-state index in [1.165, 1.54) is 13.2 Å². The van der Waals surface area contributed by atoms with E-state index in [1.54, 1.807) is 35.3 Å². The molecule has 1 aliphatic heterocycles. The molecule has 3 heterocycles. The lowest BCUT2D eigenvalue weighted by atomic mass is 10.1. The molecule has 4 aromatic rings. The van der Waals surface area contributed by atoms with Crippen molar-refractivity contribution in [3.8, 4) is 17.2 Å². The third kappa shape index (κ3) is 3.35. The monoisotopic (exact) mass is 485 g/mol. The van der Waals surface area contributed by atoms with Crippen LogP contribution in [-0.2, 0) is 16.6 Å². The summed E-state index contributed by atoms with van der Waals surface area (Å²) in [5.41, 5.74) is 1.57. The van der Waals surface area contributed by atoms with Gasteiger partial charge >= 0.3 is 0 Å². The highest BCUT2D eigenvalue weighted by molar-refractivity contribution is 7.93. The van der Waals surface area contributed by atoms with Crippen molar-refractivity contribution >= 4 is 26.8 Å². The molecule has 176 valence electrons. The Morgan fingerprint density at radius 3 is 3.00 bits per heavy atom. The van der Waals surface area contributed by atoms with E-state index >= 15 is 0 Å². The molecular weight excluding hydrogens is 460 g/mol. The van der Waals surface area contributed by atoms with Crippen LogP contribution < -0.4 is 18.9 Å². The number of fused-ring (bicyclic) bond motifs is 4. The standard InChI is InChI=1S/C23H22N4O6S/c1-30-17-5-4-15-16-10-14(16)12-32-21(15)22(17)34(28,29)26-23-20-18(31-2)8-13(9-19(20)33-25-23)11-27-7-3-6-24-27/h3-9,14,16H,10-12H2,1-2H3,(H,25,26)/t14-,16-/m0/s1/i2D3. The van der Waals surface area contributed by atoms with Crippen LogP contribution in [-0.4, -0.2) is 44.1 Å². The van der Waals surface area contributed by atoms with Gasteiger partial charge in [-0.25, -0.2) is 8.42 Å². The first kappa shape index (κ1) is 17.7. The highest BCUT2D eigenvalue weighted by atomic mass is 32.2. The molecule has 1 fully saturated rings. The van der Waals surface area contributed by atoms with E-state index in [-0.39, 0.29) is 44.8 Å². The molecule has 1 N–H and O–H groups in total. The molecule has 2 aromatic carbocycles. The second kappa shape index (κ2) is 7.66. The number of hydrogen-bond acceptors (Lipinski definition) is 8. The fourth-order valence-electron chi connectivity index (χ4n) is 4.51. The average molecular weight is 486 g/mol. The zero-order chi connectivity index (χ0) is 25.9. The van der Waals surface area contributed by atoms with Crippen LogP contribution in [0.2, 0.25) is 0 Å². The van der Waals surface area contributed by atoms with Gasteiger partial charge in [-0.1, -0.05) is 11.2 Å². The number of benzene rings is 2. The summed E-state index contributed by atoms with van der Waals surface area (Å²) < 4.78 is 76.1. The molecule has 2 atom stereocenters. The number of nitrogens with one attached hydrogen (secondary N) is 1. The summed E-state index contributed by atoms with van der Waals surface area (Å²) in [4.78, 5) is -0.150. The van der Waals surface area contributed by atoms with Crippen LogP contribution in [0, 0.1) is 5.92 Å². The summed E-state index contributed by atoms with van der Waals surface area (Å²) >= 11 is 0. The third-order valence-electron chi connectivity index (χ3n) is 6.20. The summed E-state index contributed by atoms with van der Waals surface area (Å²) in [6, 6.07) is 8.29. The van der Waals surface area contributed by atoms with Gasteiger partial charge in [0, 0.05) is 18.3 Å². The first-order valence-corrected chi connectivity index (χ1v) is 12.1. The molecule has 11 heteroatoms. The second-order valence-electron chi connectivity index (χ2n) is 8.34. The lowest BCUT2D eigenvalue weighted by Gasteiger charge is -2.21. The van der Waals surface area contributed by atoms with Crippen LogP contribution in [0.15, 0.2) is 52.1 Å². The van der Waals surface area contributed by atoms with E-state index in [1.807, 2.05) is 6.07 Å². The molecule has 0 saturated heterocycles. The van der Waals surface area contributed by atoms with Crippen molar-refractivity contribution in [3.05, 3.63) is 53.9 Å². The van der Waals surface area contributed by atoms with Crippen molar-refractivity contribution in [2.45, 2.75) is 23.8 Å². The van der Waals surface area contributed by atoms with E-state index < -0.39 is 17.1 Å². The Morgan fingerprint density at radius 1 is 1.29 bits per heavy atom. The zero-order valence-corrected chi connectivity index (χ0v) is 18.8. The Balaban J connectivity index is 1.43. The van der Waals surface area contributed by atoms with Gasteiger partial charge in [0.25, 0.3) is 10.0 Å². The van der Waals surface area contributed by atoms with E-state index in [0.29, 0.717) is 24.6 Å². The van der Waals surface area contributed by atoms with Crippen LogP contribution in [0.4, 0.5) is 5.82 Å². The van der Waals surface area contributed by atoms with Gasteiger partial charge in [-0.2, -0.15) is 5.10 Å². The van der Waals surface area contributed by atoms with Gasteiger partial charge in [0.05, 0.1) is 31.4 Å². The predicted molar refractivity (Wildman–Crippen MR) is 122 cm³/mol. The number of nitrogens with zero attached hydrogens (tertiary/aromatic N) is 3. The van der Waals surface area contributed by atoms with E-state index in [0.717, 1.165) is 12.0 Å². The van der Waals surface area contributed by atoms with Gasteiger partial charge in [0.15, 0.2) is 16.3 Å². The summed E-state index contributed by atoms with van der Waals surface area (Å²) in [6.45, 7) is 0.727. The molecule has 6 rings (SSSR count). The van der Waals surface area contributed by atoms with Gasteiger partial charge in [0.1, 0.15) is 22.6 Å². The maximum absolute atomic E-state index is 13.7. The van der Waals surface area contributed by atoms with Crippen LogP contribution in [0.3, 0.4) is 0 Å². The molecule has 2 aliphatic rings. The third-order valence-corrected chi connectivity index (χ3v) is 7.59. The number of ether oxygens (including phenoxy) is 3. The second-order valence-corrected chi connectivity index (χ2v) is 9.96. The number of anilines is 1. The Morgan fingerprint density at radius 2 is 2.21 bits per heavy atom. The number of sulfonamides is 1. The van der Waals surface area contributed by atoms with Crippen molar-refractivity contribution in [1.82, 2.24) is 14.9 Å². The van der Waals surface area contributed by atoms with E-state index in [4.69, 9.17) is 22.8 Å². The minimum Gasteiger partial charge on any atom is -0.496 e. The highest BCUT2D eigenvalue weighted by Gasteiger charge is 2.46. The van der Waals surface area contributed by atoms with Gasteiger partial charge in [-0.3, -0.25) is 9.40 Å². The molecule has 1 saturated carbocycles. The first-order chi connectivity index (χ1) is 17.6. The number of rotatable bonds is 7. The molecule has 0 bridgehead atoms. The maximum atomic E-state index is 13.7. The average Bonchev–Trinajstić information content (AvgIpc) is 3.27. The van der Waals surface area contributed by atoms with Crippen molar-refractivity contribution in [3.63, 3.8) is 0 Å². The Bertz CT molecular complexity index is 1600. The first-order valence-electron chi connectivity index (χ1n) is 12.1. The van der Waals surface area contributed by atoms with Crippen molar-refractivity contribution in [2.24, 2.45) is 5.92 Å². The minimum absolute atomic E-state index is 0.0656. The zero-order valence-electron chi connectivity index (χ0n) is 21.0. The van der Waals surface area contributed by atoms with Crippen molar-refractivity contribution < 1.29 is 31.3 Å². The fraction of sp³-hybridized carbons (Fsp3) is 0.304. The largest absolute Gasteiger partial charge is 0.496 e. The van der Waals surface area contributed by atoms with Gasteiger partial charge in [-0.05, 0) is 47.7 Å². The van der Waals surface area contributed by atoms with Crippen LogP contribution in [0.1, 0.15) is 27.6 Å². The fourth-order valence-corrected chi connectivity index (χ4v) is 5.84. The molecule has 0 spiro atoms. The van der Waals surface area contributed by atoms with Gasteiger partial charge in [-0.15, -0.1) is 0 Å². The van der Waals surface area contributed by atoms with Crippen LogP contribution in [0.25, 0.3) is 11.0 Å². The van der Waals surface area contributed by atoms with Crippen molar-refractivity contribution in [2.75, 3.05) is 25.5 Å². The van der Waals surface area contributed by atoms with Crippen LogP contribution >= 0.6 is 0 Å². The topological polar surface area (TPSA) is 118 Å².